The van der Waals surface area contributed by atoms with Gasteiger partial charge in [-0.25, -0.2) is 4.83 Å². The topological polar surface area (TPSA) is 58.5 Å². The molecule has 27 heavy (non-hydrogen) atoms. The molecule has 0 radical (unpaired) electrons. The molecule has 0 atom stereocenters. The Morgan fingerprint density at radius 1 is 0.815 bits per heavy atom. The molecule has 0 amide bonds. The van der Waals surface area contributed by atoms with E-state index in [4.69, 9.17) is 0 Å². The molecule has 1 N–H and O–H groups in total. The fourth-order valence-corrected chi connectivity index (χ4v) is 3.67. The second-order valence-corrected chi connectivity index (χ2v) is 8.26. The predicted molar refractivity (Wildman–Crippen MR) is 109 cm³/mol. The maximum Gasteiger partial charge on any atom is 0.276 e. The van der Waals surface area contributed by atoms with E-state index in [9.17, 15) is 8.42 Å². The van der Waals surface area contributed by atoms with E-state index in [0.717, 1.165) is 16.7 Å². The van der Waals surface area contributed by atoms with Crippen molar-refractivity contribution in [1.82, 2.24) is 4.83 Å². The molecule has 5 heteroatoms. The summed E-state index contributed by atoms with van der Waals surface area (Å²) in [6, 6.07) is 26.4. The Bertz CT molecular complexity index is 973. The van der Waals surface area contributed by atoms with Crippen molar-refractivity contribution in [2.75, 3.05) is 0 Å². The van der Waals surface area contributed by atoms with E-state index in [0.29, 0.717) is 0 Å². The highest BCUT2D eigenvalue weighted by molar-refractivity contribution is 7.89. The number of sulfonamides is 1. The van der Waals surface area contributed by atoms with Crippen molar-refractivity contribution in [3.05, 3.63) is 102 Å². The summed E-state index contributed by atoms with van der Waals surface area (Å²) in [5.74, 6) is 0. The van der Waals surface area contributed by atoms with Crippen LogP contribution in [0.25, 0.3) is 0 Å². The number of nitrogens with zero attached hydrogens (tertiary/aromatic N) is 1. The van der Waals surface area contributed by atoms with Gasteiger partial charge in [0.25, 0.3) is 10.0 Å². The van der Waals surface area contributed by atoms with Crippen LogP contribution in [-0.2, 0) is 15.4 Å². The van der Waals surface area contributed by atoms with Gasteiger partial charge in [-0.15, -0.1) is 0 Å². The van der Waals surface area contributed by atoms with Gasteiger partial charge in [0.05, 0.1) is 10.3 Å². The SMILES string of the molecule is Cc1ccc(S(=O)(=O)NN=CC(C)(c2ccccc2)c2ccccc2)cc1. The lowest BCUT2D eigenvalue weighted by molar-refractivity contribution is 0.584. The normalized spacial score (nSPS) is 12.2. The maximum absolute atomic E-state index is 12.5. The van der Waals surface area contributed by atoms with Crippen LogP contribution < -0.4 is 4.83 Å². The zero-order chi connectivity index (χ0) is 19.3. The van der Waals surface area contributed by atoms with Crippen LogP contribution in [0.5, 0.6) is 0 Å². The van der Waals surface area contributed by atoms with Crippen LogP contribution in [0.1, 0.15) is 23.6 Å². The van der Waals surface area contributed by atoms with E-state index >= 15 is 0 Å². The second-order valence-electron chi connectivity index (χ2n) is 6.60. The molecule has 0 spiro atoms. The van der Waals surface area contributed by atoms with Crippen molar-refractivity contribution in [1.29, 1.82) is 0 Å². The minimum atomic E-state index is -3.71. The van der Waals surface area contributed by atoms with E-state index in [-0.39, 0.29) is 4.90 Å². The number of aryl methyl sites for hydroxylation is 1. The Morgan fingerprint density at radius 3 is 1.78 bits per heavy atom. The fourth-order valence-electron chi connectivity index (χ4n) is 2.88. The second kappa shape index (κ2) is 7.76. The third-order valence-corrected chi connectivity index (χ3v) is 5.81. The average Bonchev–Trinajstić information content (AvgIpc) is 2.69. The highest BCUT2D eigenvalue weighted by Gasteiger charge is 2.27. The highest BCUT2D eigenvalue weighted by Crippen LogP contribution is 2.30. The van der Waals surface area contributed by atoms with Gasteiger partial charge >= 0.3 is 0 Å². The molecule has 3 aromatic rings. The van der Waals surface area contributed by atoms with Gasteiger partial charge in [-0.2, -0.15) is 13.5 Å². The molecule has 0 saturated carbocycles. The molecule has 3 aromatic carbocycles. The first kappa shape index (κ1) is 18.9. The van der Waals surface area contributed by atoms with Crippen LogP contribution in [0.3, 0.4) is 0 Å². The molecule has 0 aliphatic heterocycles. The van der Waals surface area contributed by atoms with Crippen molar-refractivity contribution in [2.45, 2.75) is 24.2 Å². The Kier molecular flexibility index (Phi) is 5.42. The molecule has 0 saturated heterocycles. The summed E-state index contributed by atoms with van der Waals surface area (Å²) in [4.78, 5) is 2.52. The van der Waals surface area contributed by atoms with Crippen LogP contribution in [-0.4, -0.2) is 14.6 Å². The molecule has 4 nitrogen and oxygen atoms in total. The summed E-state index contributed by atoms with van der Waals surface area (Å²) in [5, 5.41) is 4.10. The quantitative estimate of drug-likeness (QED) is 0.514. The monoisotopic (exact) mass is 378 g/mol. The predicted octanol–water partition coefficient (Wildman–Crippen LogP) is 4.27. The van der Waals surface area contributed by atoms with E-state index in [1.165, 1.54) is 0 Å². The molecule has 3 rings (SSSR count). The fraction of sp³-hybridized carbons (Fsp3) is 0.136. The molecule has 0 aromatic heterocycles. The number of hydrogen-bond acceptors (Lipinski definition) is 3. The van der Waals surface area contributed by atoms with E-state index in [1.807, 2.05) is 74.5 Å². The molecule has 0 aliphatic rings. The van der Waals surface area contributed by atoms with Gasteiger partial charge < -0.3 is 0 Å². The summed E-state index contributed by atoms with van der Waals surface area (Å²) in [7, 11) is -3.71. The van der Waals surface area contributed by atoms with Gasteiger partial charge in [-0.05, 0) is 37.1 Å². The summed E-state index contributed by atoms with van der Waals surface area (Å²) < 4.78 is 25.0. The first-order valence-corrected chi connectivity index (χ1v) is 10.1. The molecule has 138 valence electrons. The number of hydrogen-bond donors (Lipinski definition) is 1. The van der Waals surface area contributed by atoms with E-state index in [1.54, 1.807) is 30.5 Å². The summed E-state index contributed by atoms with van der Waals surface area (Å²) in [5.41, 5.74) is 2.47. The summed E-state index contributed by atoms with van der Waals surface area (Å²) >= 11 is 0. The zero-order valence-corrected chi connectivity index (χ0v) is 16.1. The Hall–Kier alpha value is -2.92. The number of benzene rings is 3. The third-order valence-electron chi connectivity index (χ3n) is 4.57. The molecular formula is C22H22N2O2S. The lowest BCUT2D eigenvalue weighted by Gasteiger charge is -2.26. The maximum atomic E-state index is 12.5. The van der Waals surface area contributed by atoms with Crippen molar-refractivity contribution < 1.29 is 8.42 Å². The Balaban J connectivity index is 1.92. The van der Waals surface area contributed by atoms with Crippen molar-refractivity contribution in [3.8, 4) is 0 Å². The first-order valence-electron chi connectivity index (χ1n) is 8.65. The van der Waals surface area contributed by atoms with Crippen LogP contribution in [0.4, 0.5) is 0 Å². The van der Waals surface area contributed by atoms with E-state index < -0.39 is 15.4 Å². The van der Waals surface area contributed by atoms with Crippen LogP contribution in [0, 0.1) is 6.92 Å². The van der Waals surface area contributed by atoms with Gasteiger partial charge in [0.2, 0.25) is 0 Å². The highest BCUT2D eigenvalue weighted by atomic mass is 32.2. The van der Waals surface area contributed by atoms with Gasteiger partial charge in [-0.3, -0.25) is 0 Å². The van der Waals surface area contributed by atoms with Crippen LogP contribution in [0.15, 0.2) is 94.9 Å². The van der Waals surface area contributed by atoms with Crippen molar-refractivity contribution >= 4 is 16.2 Å². The van der Waals surface area contributed by atoms with E-state index in [2.05, 4.69) is 9.93 Å². The van der Waals surface area contributed by atoms with Gasteiger partial charge in [0, 0.05) is 6.21 Å². The summed E-state index contributed by atoms with van der Waals surface area (Å²) in [6.45, 7) is 3.93. The third kappa shape index (κ3) is 4.26. The zero-order valence-electron chi connectivity index (χ0n) is 15.3. The Labute approximate surface area is 160 Å². The molecule has 0 aliphatic carbocycles. The van der Waals surface area contributed by atoms with Crippen LogP contribution >= 0.6 is 0 Å². The van der Waals surface area contributed by atoms with Gasteiger partial charge in [-0.1, -0.05) is 78.4 Å². The number of hydrazone groups is 1. The van der Waals surface area contributed by atoms with Crippen molar-refractivity contribution in [2.24, 2.45) is 5.10 Å². The minimum absolute atomic E-state index is 0.186. The minimum Gasteiger partial charge on any atom is -0.200 e. The smallest absolute Gasteiger partial charge is 0.200 e. The van der Waals surface area contributed by atoms with Gasteiger partial charge in [0.1, 0.15) is 0 Å². The largest absolute Gasteiger partial charge is 0.276 e. The Morgan fingerprint density at radius 2 is 1.30 bits per heavy atom. The number of nitrogens with one attached hydrogen (secondary N) is 1. The van der Waals surface area contributed by atoms with Crippen molar-refractivity contribution in [3.63, 3.8) is 0 Å². The number of rotatable bonds is 6. The standard InChI is InChI=1S/C22H22N2O2S/c1-18-13-15-21(16-14-18)27(25,26)24-23-17-22(2,19-9-5-3-6-10-19)20-11-7-4-8-12-20/h3-17,24H,1-2H3. The molecular weight excluding hydrogens is 356 g/mol. The molecule has 0 bridgehead atoms. The molecule has 0 heterocycles. The average molecular weight is 378 g/mol. The van der Waals surface area contributed by atoms with Crippen LogP contribution in [0.2, 0.25) is 0 Å². The first-order chi connectivity index (χ1) is 12.9. The molecule has 0 fully saturated rings. The lowest BCUT2D eigenvalue weighted by atomic mass is 9.77. The summed E-state index contributed by atoms with van der Waals surface area (Å²) in [6.07, 6.45) is 1.64. The van der Waals surface area contributed by atoms with Gasteiger partial charge in [0.15, 0.2) is 0 Å². The molecule has 0 unspecified atom stereocenters. The lowest BCUT2D eigenvalue weighted by Crippen LogP contribution is -2.28.